The number of nitrogens with zero attached hydrogens (tertiary/aromatic N) is 3. The van der Waals surface area contributed by atoms with Crippen molar-refractivity contribution in [3.63, 3.8) is 0 Å². The number of rotatable bonds is 10. The van der Waals surface area contributed by atoms with Gasteiger partial charge in [-0.3, -0.25) is 24.4 Å². The molecule has 4 N–H and O–H groups in total. The number of amides is 3. The summed E-state index contributed by atoms with van der Waals surface area (Å²) in [5.74, 6) is -1.05. The van der Waals surface area contributed by atoms with Gasteiger partial charge in [0.1, 0.15) is 17.7 Å². The van der Waals surface area contributed by atoms with Crippen LogP contribution >= 0.6 is 0 Å². The molecule has 0 atom stereocenters. The summed E-state index contributed by atoms with van der Waals surface area (Å²) in [5.41, 5.74) is 1.52. The smallest absolute Gasteiger partial charge is 0.427 e. The van der Waals surface area contributed by atoms with E-state index >= 15 is 0 Å². The number of hydrogen-bond donors (Lipinski definition) is 4. The Kier molecular flexibility index (Phi) is 12.0. The minimum Gasteiger partial charge on any atom is -0.443 e. The number of ether oxygens (including phenoxy) is 2. The molecule has 0 aliphatic carbocycles. The van der Waals surface area contributed by atoms with Crippen molar-refractivity contribution in [3.8, 4) is 0 Å². The second-order valence-corrected chi connectivity index (χ2v) is 11.2. The van der Waals surface area contributed by atoms with Gasteiger partial charge in [-0.15, -0.1) is 4.90 Å². The van der Waals surface area contributed by atoms with Gasteiger partial charge in [0.05, 0.1) is 6.61 Å². The van der Waals surface area contributed by atoms with E-state index in [0.29, 0.717) is 23.6 Å². The molecule has 0 unspecified atom stereocenters. The van der Waals surface area contributed by atoms with Crippen LogP contribution in [0.1, 0.15) is 52.8 Å². The molecule has 0 spiro atoms. The number of aryl methyl sites for hydroxylation is 1. The van der Waals surface area contributed by atoms with Gasteiger partial charge in [-0.1, -0.05) is 30.3 Å². The van der Waals surface area contributed by atoms with Crippen molar-refractivity contribution in [2.45, 2.75) is 72.6 Å². The van der Waals surface area contributed by atoms with Gasteiger partial charge in [-0.25, -0.2) is 20.1 Å². The number of benzene rings is 1. The van der Waals surface area contributed by atoms with Crippen molar-refractivity contribution in [3.05, 3.63) is 58.1 Å². The Balaban J connectivity index is 1.87. The van der Waals surface area contributed by atoms with Gasteiger partial charge in [-0.05, 0) is 60.5 Å². The van der Waals surface area contributed by atoms with Crippen LogP contribution in [0.25, 0.3) is 0 Å². The summed E-state index contributed by atoms with van der Waals surface area (Å²) in [6.07, 6.45) is -0.0366. The predicted molar refractivity (Wildman–Crippen MR) is 156 cm³/mol. The van der Waals surface area contributed by atoms with Gasteiger partial charge in [0.15, 0.2) is 5.82 Å². The topological polar surface area (TPSA) is 177 Å². The van der Waals surface area contributed by atoms with Gasteiger partial charge in [0.25, 0.3) is 5.56 Å². The summed E-state index contributed by atoms with van der Waals surface area (Å²) < 4.78 is 11.7. The van der Waals surface area contributed by atoms with Crippen LogP contribution in [0.5, 0.6) is 0 Å². The second kappa shape index (κ2) is 15.0. The largest absolute Gasteiger partial charge is 0.443 e. The van der Waals surface area contributed by atoms with E-state index < -0.39 is 40.8 Å². The molecule has 1 heterocycles. The summed E-state index contributed by atoms with van der Waals surface area (Å²) in [7, 11) is 0. The summed E-state index contributed by atoms with van der Waals surface area (Å²) in [5, 5.41) is 13.7. The molecule has 14 nitrogen and oxygen atoms in total. The first-order chi connectivity index (χ1) is 19.6. The van der Waals surface area contributed by atoms with Crippen LogP contribution in [0.15, 0.2) is 41.3 Å². The van der Waals surface area contributed by atoms with Gasteiger partial charge in [-0.2, -0.15) is 0 Å². The van der Waals surface area contributed by atoms with E-state index in [1.165, 1.54) is 10.8 Å². The van der Waals surface area contributed by atoms with Crippen LogP contribution in [-0.4, -0.2) is 69.4 Å². The zero-order chi connectivity index (χ0) is 31.5. The summed E-state index contributed by atoms with van der Waals surface area (Å²) in [6.45, 7) is 11.5. The number of nitrogens with one attached hydrogen (secondary N) is 4. The molecule has 230 valence electrons. The van der Waals surface area contributed by atoms with E-state index in [1.807, 2.05) is 30.3 Å². The molecule has 0 saturated carbocycles. The fourth-order valence-electron chi connectivity index (χ4n) is 3.34. The number of hydroxylamine groups is 1. The predicted octanol–water partition coefficient (Wildman–Crippen LogP) is 2.95. The first-order valence-electron chi connectivity index (χ1n) is 13.4. The molecule has 1 aromatic heterocycles. The van der Waals surface area contributed by atoms with Crippen molar-refractivity contribution in [2.75, 3.05) is 25.0 Å². The van der Waals surface area contributed by atoms with E-state index in [-0.39, 0.29) is 25.5 Å². The molecule has 0 radical (unpaired) electrons. The lowest BCUT2D eigenvalue weighted by Crippen LogP contribution is -2.51. The Labute approximate surface area is 245 Å². The third-order valence-electron chi connectivity index (χ3n) is 5.18. The molecule has 0 aliphatic rings. The molecule has 0 saturated heterocycles. The summed E-state index contributed by atoms with van der Waals surface area (Å²) in [4.78, 5) is 60.2. The third-order valence-corrected chi connectivity index (χ3v) is 5.18. The van der Waals surface area contributed by atoms with Gasteiger partial charge in [0, 0.05) is 25.0 Å². The van der Waals surface area contributed by atoms with Crippen LogP contribution in [0.2, 0.25) is 0 Å². The van der Waals surface area contributed by atoms with E-state index in [9.17, 15) is 19.2 Å². The van der Waals surface area contributed by atoms with Crippen molar-refractivity contribution in [1.82, 2.24) is 25.2 Å². The first-order valence-corrected chi connectivity index (χ1v) is 13.4. The molecule has 0 bridgehead atoms. The fraction of sp³-hybridized carbons (Fsp3) is 0.500. The number of carbonyl (C=O) groups is 3. The number of aromatic nitrogens is 2. The maximum absolute atomic E-state index is 12.9. The lowest BCUT2D eigenvalue weighted by atomic mass is 10.1. The zero-order valence-corrected chi connectivity index (χ0v) is 25.2. The van der Waals surface area contributed by atoms with Crippen LogP contribution < -0.4 is 21.7 Å². The standard InChI is InChI=1S/C28H41N7O7/c1-19-17-32-22(31-14-13-20-11-9-8-10-12-20)23(37)34(19)18-21(36)30-15-16-40-33-24(29)35(25(38)41-27(2,3)4)26(39)42-28(5,6)7/h8-12,17H,13-16,18H2,1-7H3,(H2,29,33)(H,30,36)(H,31,32). The van der Waals surface area contributed by atoms with E-state index in [2.05, 4.69) is 21.1 Å². The number of guanidine groups is 1. The number of hydrogen-bond acceptors (Lipinski definition) is 10. The molecule has 2 aromatic rings. The molecule has 1 aromatic carbocycles. The quantitative estimate of drug-likeness (QED) is 0.140. The van der Waals surface area contributed by atoms with Crippen molar-refractivity contribution < 1.29 is 28.7 Å². The highest BCUT2D eigenvalue weighted by Gasteiger charge is 2.34. The molecular formula is C28H41N7O7. The number of anilines is 1. The lowest BCUT2D eigenvalue weighted by Gasteiger charge is -2.28. The minimum atomic E-state index is -1.13. The number of carbonyl (C=O) groups excluding carboxylic acids is 3. The minimum absolute atomic E-state index is 0.000940. The highest BCUT2D eigenvalue weighted by molar-refractivity contribution is 6.06. The molecule has 42 heavy (non-hydrogen) atoms. The number of imide groups is 1. The summed E-state index contributed by atoms with van der Waals surface area (Å²) in [6, 6.07) is 9.81. The Bertz CT molecular complexity index is 1270. The average molecular weight is 588 g/mol. The third kappa shape index (κ3) is 11.6. The Hall–Kier alpha value is -4.46. The van der Waals surface area contributed by atoms with Crippen LogP contribution in [0.3, 0.4) is 0 Å². The molecule has 3 amide bonds. The molecule has 0 fully saturated rings. The molecule has 2 rings (SSSR count). The molecule has 0 aliphatic heterocycles. The average Bonchev–Trinajstić information content (AvgIpc) is 2.86. The second-order valence-electron chi connectivity index (χ2n) is 11.2. The van der Waals surface area contributed by atoms with E-state index in [4.69, 9.17) is 19.7 Å². The first kappa shape index (κ1) is 33.7. The van der Waals surface area contributed by atoms with Gasteiger partial charge < -0.3 is 20.1 Å². The monoisotopic (exact) mass is 587 g/mol. The SMILES string of the molecule is Cc1cnc(NCCc2ccccc2)c(=O)n1CC(=O)NCCONC(=N)N(C(=O)OC(C)(C)C)C(=O)OC(C)(C)C. The molecular weight excluding hydrogens is 546 g/mol. The van der Waals surface area contributed by atoms with Crippen LogP contribution in [-0.2, 0) is 32.1 Å². The van der Waals surface area contributed by atoms with E-state index in [1.54, 1.807) is 48.5 Å². The highest BCUT2D eigenvalue weighted by atomic mass is 16.7. The Morgan fingerprint density at radius 3 is 2.14 bits per heavy atom. The highest BCUT2D eigenvalue weighted by Crippen LogP contribution is 2.14. The fourth-order valence-corrected chi connectivity index (χ4v) is 3.34. The summed E-state index contributed by atoms with van der Waals surface area (Å²) >= 11 is 0. The molecule has 14 heteroatoms. The van der Waals surface area contributed by atoms with Gasteiger partial charge in [0.2, 0.25) is 11.9 Å². The van der Waals surface area contributed by atoms with Crippen molar-refractivity contribution in [1.29, 1.82) is 5.41 Å². The maximum Gasteiger partial charge on any atom is 0.427 e. The van der Waals surface area contributed by atoms with Crippen molar-refractivity contribution in [2.24, 2.45) is 0 Å². The Morgan fingerprint density at radius 1 is 0.976 bits per heavy atom. The Morgan fingerprint density at radius 2 is 1.57 bits per heavy atom. The zero-order valence-electron chi connectivity index (χ0n) is 25.2. The van der Waals surface area contributed by atoms with Crippen LogP contribution in [0.4, 0.5) is 15.4 Å². The lowest BCUT2D eigenvalue weighted by molar-refractivity contribution is -0.122. The van der Waals surface area contributed by atoms with E-state index in [0.717, 1.165) is 5.56 Å². The van der Waals surface area contributed by atoms with Crippen molar-refractivity contribution >= 4 is 29.9 Å². The van der Waals surface area contributed by atoms with Crippen LogP contribution in [0, 0.1) is 12.3 Å². The maximum atomic E-state index is 12.9. The normalized spacial score (nSPS) is 11.3. The van der Waals surface area contributed by atoms with Gasteiger partial charge >= 0.3 is 12.2 Å².